The number of aromatic nitrogens is 2. The van der Waals surface area contributed by atoms with Gasteiger partial charge in [-0.25, -0.2) is 9.78 Å². The number of hydrogen-bond acceptors (Lipinski definition) is 8. The highest BCUT2D eigenvalue weighted by molar-refractivity contribution is 5.96. The fourth-order valence-electron chi connectivity index (χ4n) is 2.86. The summed E-state index contributed by atoms with van der Waals surface area (Å²) < 4.78 is 11.7. The number of non-ortho nitro benzene ring substituents is 1. The molecule has 0 spiro atoms. The lowest BCUT2D eigenvalue weighted by molar-refractivity contribution is -0.384. The van der Waals surface area contributed by atoms with Crippen LogP contribution in [-0.2, 0) is 16.1 Å². The summed E-state index contributed by atoms with van der Waals surface area (Å²) in [4.78, 5) is 39.8. The van der Waals surface area contributed by atoms with Crippen molar-refractivity contribution >= 4 is 23.0 Å². The Morgan fingerprint density at radius 3 is 2.83 bits per heavy atom. The minimum Gasteiger partial charge on any atom is -0.456 e. The van der Waals surface area contributed by atoms with Crippen LogP contribution in [0.5, 0.6) is 0 Å². The summed E-state index contributed by atoms with van der Waals surface area (Å²) >= 11 is 0. The monoisotopic (exact) mass is 412 g/mol. The van der Waals surface area contributed by atoms with Crippen LogP contribution >= 0.6 is 0 Å². The smallest absolute Gasteiger partial charge is 0.340 e. The molecule has 1 N–H and O–H groups in total. The van der Waals surface area contributed by atoms with Crippen LogP contribution in [0.25, 0.3) is 5.65 Å². The molecule has 0 aliphatic rings. The standard InChI is InChI=1S/C20H20N4O6/c1-13-4-3-8-23-18(25)10-14(22-19(13)23)12-30-20(26)16-11-15(24(27)28)5-6-17(16)21-7-9-29-2/h3-6,8,10-11,21H,7,9,12H2,1-2H3. The number of nitrogens with one attached hydrogen (secondary N) is 1. The number of methoxy groups -OCH3 is 1. The Bertz CT molecular complexity index is 1160. The zero-order chi connectivity index (χ0) is 21.7. The SMILES string of the molecule is COCCNc1ccc([N+](=O)[O-])cc1C(=O)OCc1cc(=O)n2cccc(C)c2n1. The molecule has 3 aromatic rings. The molecule has 156 valence electrons. The molecule has 2 aromatic heterocycles. The molecular formula is C20H20N4O6. The number of carbonyl (C=O) groups is 1. The fraction of sp³-hybridized carbons (Fsp3) is 0.250. The summed E-state index contributed by atoms with van der Waals surface area (Å²) in [5.74, 6) is -0.773. The van der Waals surface area contributed by atoms with E-state index in [0.29, 0.717) is 24.5 Å². The number of fused-ring (bicyclic) bond motifs is 1. The molecule has 0 saturated carbocycles. The van der Waals surface area contributed by atoms with Crippen LogP contribution in [0.4, 0.5) is 11.4 Å². The molecule has 10 heteroatoms. The van der Waals surface area contributed by atoms with Crippen LogP contribution in [0.15, 0.2) is 47.4 Å². The molecule has 0 unspecified atom stereocenters. The second-order valence-electron chi connectivity index (χ2n) is 6.45. The molecule has 0 bridgehead atoms. The first kappa shape index (κ1) is 20.9. The van der Waals surface area contributed by atoms with Crippen LogP contribution in [0.1, 0.15) is 21.6 Å². The number of pyridine rings is 1. The van der Waals surface area contributed by atoms with E-state index in [9.17, 15) is 19.7 Å². The van der Waals surface area contributed by atoms with Gasteiger partial charge < -0.3 is 14.8 Å². The quantitative estimate of drug-likeness (QED) is 0.259. The highest BCUT2D eigenvalue weighted by Crippen LogP contribution is 2.23. The van der Waals surface area contributed by atoms with Gasteiger partial charge in [-0.05, 0) is 24.6 Å². The first-order valence-electron chi connectivity index (χ1n) is 9.07. The van der Waals surface area contributed by atoms with Gasteiger partial charge in [-0.1, -0.05) is 6.07 Å². The molecule has 0 aliphatic heterocycles. The van der Waals surface area contributed by atoms with Crippen molar-refractivity contribution in [2.24, 2.45) is 0 Å². The molecule has 2 heterocycles. The molecule has 0 radical (unpaired) electrons. The maximum absolute atomic E-state index is 12.6. The molecule has 0 saturated heterocycles. The van der Waals surface area contributed by atoms with Crippen LogP contribution in [-0.4, -0.2) is 40.5 Å². The van der Waals surface area contributed by atoms with Gasteiger partial charge in [0.25, 0.3) is 11.2 Å². The average Bonchev–Trinajstić information content (AvgIpc) is 2.73. The molecular weight excluding hydrogens is 392 g/mol. The highest BCUT2D eigenvalue weighted by Gasteiger charge is 2.18. The molecule has 0 atom stereocenters. The van der Waals surface area contributed by atoms with E-state index in [1.54, 1.807) is 12.3 Å². The Kier molecular flexibility index (Phi) is 6.38. The van der Waals surface area contributed by atoms with E-state index in [1.165, 1.54) is 29.7 Å². The maximum Gasteiger partial charge on any atom is 0.340 e. The van der Waals surface area contributed by atoms with Crippen LogP contribution in [0.3, 0.4) is 0 Å². The Morgan fingerprint density at radius 2 is 2.10 bits per heavy atom. The van der Waals surface area contributed by atoms with Crippen molar-refractivity contribution in [2.75, 3.05) is 25.6 Å². The van der Waals surface area contributed by atoms with Gasteiger partial charge in [-0.2, -0.15) is 0 Å². The summed E-state index contributed by atoms with van der Waals surface area (Å²) in [5.41, 5.74) is 1.39. The van der Waals surface area contributed by atoms with Crippen LogP contribution in [0.2, 0.25) is 0 Å². The van der Waals surface area contributed by atoms with Crippen molar-refractivity contribution in [3.8, 4) is 0 Å². The normalized spacial score (nSPS) is 10.7. The summed E-state index contributed by atoms with van der Waals surface area (Å²) in [7, 11) is 1.54. The third-order valence-corrected chi connectivity index (χ3v) is 4.35. The average molecular weight is 412 g/mol. The Morgan fingerprint density at radius 1 is 1.30 bits per heavy atom. The number of anilines is 1. The number of nitrogens with zero attached hydrogens (tertiary/aromatic N) is 3. The number of nitro groups is 1. The minimum absolute atomic E-state index is 0.00833. The number of ether oxygens (including phenoxy) is 2. The molecule has 0 fully saturated rings. The van der Waals surface area contributed by atoms with E-state index in [2.05, 4.69) is 10.3 Å². The summed E-state index contributed by atoms with van der Waals surface area (Å²) in [6.07, 6.45) is 1.61. The van der Waals surface area contributed by atoms with Crippen LogP contribution in [0, 0.1) is 17.0 Å². The molecule has 0 aliphatic carbocycles. The number of aryl methyl sites for hydroxylation is 1. The zero-order valence-corrected chi connectivity index (χ0v) is 16.5. The van der Waals surface area contributed by atoms with Gasteiger partial charge in [0.2, 0.25) is 0 Å². The third kappa shape index (κ3) is 4.61. The lowest BCUT2D eigenvalue weighted by Crippen LogP contribution is -2.18. The number of hydrogen-bond donors (Lipinski definition) is 1. The minimum atomic E-state index is -0.773. The van der Waals surface area contributed by atoms with E-state index in [0.717, 1.165) is 11.6 Å². The van der Waals surface area contributed by atoms with Crippen molar-refractivity contribution in [3.05, 3.63) is 79.9 Å². The van der Waals surface area contributed by atoms with E-state index in [1.807, 2.05) is 13.0 Å². The predicted molar refractivity (Wildman–Crippen MR) is 109 cm³/mol. The largest absolute Gasteiger partial charge is 0.456 e. The highest BCUT2D eigenvalue weighted by atomic mass is 16.6. The maximum atomic E-state index is 12.6. The first-order chi connectivity index (χ1) is 14.4. The van der Waals surface area contributed by atoms with E-state index in [4.69, 9.17) is 9.47 Å². The number of carbonyl (C=O) groups excluding carboxylic acids is 1. The van der Waals surface area contributed by atoms with Gasteiger partial charge in [0.1, 0.15) is 12.3 Å². The number of esters is 1. The Labute approximate surface area is 171 Å². The Balaban J connectivity index is 1.84. The van der Waals surface area contributed by atoms with Crippen molar-refractivity contribution in [2.45, 2.75) is 13.5 Å². The number of benzene rings is 1. The summed E-state index contributed by atoms with van der Waals surface area (Å²) in [6.45, 7) is 2.35. The van der Waals surface area contributed by atoms with Crippen molar-refractivity contribution in [1.29, 1.82) is 0 Å². The lowest BCUT2D eigenvalue weighted by atomic mass is 10.1. The van der Waals surface area contributed by atoms with Gasteiger partial charge in [0.15, 0.2) is 0 Å². The second kappa shape index (κ2) is 9.14. The van der Waals surface area contributed by atoms with E-state index in [-0.39, 0.29) is 29.1 Å². The number of nitro benzene ring substituents is 1. The Hall–Kier alpha value is -3.79. The lowest BCUT2D eigenvalue weighted by Gasteiger charge is -2.12. The fourth-order valence-corrected chi connectivity index (χ4v) is 2.86. The zero-order valence-electron chi connectivity index (χ0n) is 16.5. The molecule has 1 aromatic carbocycles. The first-order valence-corrected chi connectivity index (χ1v) is 9.07. The van der Waals surface area contributed by atoms with Crippen molar-refractivity contribution < 1.29 is 19.2 Å². The van der Waals surface area contributed by atoms with Gasteiger partial charge in [-0.15, -0.1) is 0 Å². The predicted octanol–water partition coefficient (Wildman–Crippen LogP) is 2.33. The second-order valence-corrected chi connectivity index (χ2v) is 6.45. The van der Waals surface area contributed by atoms with Crippen molar-refractivity contribution in [1.82, 2.24) is 9.38 Å². The van der Waals surface area contributed by atoms with E-state index >= 15 is 0 Å². The molecule has 30 heavy (non-hydrogen) atoms. The van der Waals surface area contributed by atoms with Crippen LogP contribution < -0.4 is 10.9 Å². The molecule has 3 rings (SSSR count). The summed E-state index contributed by atoms with van der Waals surface area (Å²) in [5, 5.41) is 14.1. The number of rotatable bonds is 8. The molecule has 10 nitrogen and oxygen atoms in total. The van der Waals surface area contributed by atoms with Gasteiger partial charge >= 0.3 is 5.97 Å². The van der Waals surface area contributed by atoms with E-state index < -0.39 is 10.9 Å². The van der Waals surface area contributed by atoms with Gasteiger partial charge in [-0.3, -0.25) is 19.3 Å². The van der Waals surface area contributed by atoms with Gasteiger partial charge in [0, 0.05) is 43.7 Å². The summed E-state index contributed by atoms with van der Waals surface area (Å²) in [6, 6.07) is 8.72. The molecule has 0 amide bonds. The van der Waals surface area contributed by atoms with Gasteiger partial charge in [0.05, 0.1) is 22.8 Å². The van der Waals surface area contributed by atoms with Crippen molar-refractivity contribution in [3.63, 3.8) is 0 Å². The third-order valence-electron chi connectivity index (χ3n) is 4.35. The topological polar surface area (TPSA) is 125 Å².